The highest BCUT2D eigenvalue weighted by Gasteiger charge is 2.20. The zero-order chi connectivity index (χ0) is 15.0. The smallest absolute Gasteiger partial charge is 0.129 e. The van der Waals surface area contributed by atoms with Crippen LogP contribution in [0.5, 0.6) is 0 Å². The number of aryl methyl sites for hydroxylation is 1. The summed E-state index contributed by atoms with van der Waals surface area (Å²) in [5, 5.41) is 4.62. The van der Waals surface area contributed by atoms with E-state index in [1.54, 1.807) is 4.68 Å². The maximum atomic E-state index is 6.27. The Hall–Kier alpha value is -1.34. The molecule has 0 unspecified atom stereocenters. The quantitative estimate of drug-likeness (QED) is 0.571. The van der Waals surface area contributed by atoms with Gasteiger partial charge in [0.1, 0.15) is 11.5 Å². The van der Waals surface area contributed by atoms with Gasteiger partial charge in [-0.3, -0.25) is 4.68 Å². The molecule has 106 valence electrons. The Kier molecular flexibility index (Phi) is 4.03. The number of nitrogens with zero attached hydrogens (tertiary/aromatic N) is 2. The lowest BCUT2D eigenvalue weighted by atomic mass is 10.0. The first-order valence-corrected chi connectivity index (χ1v) is 8.29. The van der Waals surface area contributed by atoms with Crippen molar-refractivity contribution in [1.82, 2.24) is 9.78 Å². The molecule has 0 amide bonds. The van der Waals surface area contributed by atoms with Crippen LogP contribution in [0.1, 0.15) is 0 Å². The Balaban J connectivity index is 2.32. The Morgan fingerprint density at radius 3 is 2.33 bits per heavy atom. The lowest BCUT2D eigenvalue weighted by Crippen LogP contribution is -1.98. The van der Waals surface area contributed by atoms with E-state index < -0.39 is 0 Å². The van der Waals surface area contributed by atoms with Crippen LogP contribution in [0, 0.1) is 3.57 Å². The molecule has 0 spiro atoms. The van der Waals surface area contributed by atoms with Crippen molar-refractivity contribution in [2.24, 2.45) is 7.05 Å². The summed E-state index contributed by atoms with van der Waals surface area (Å²) in [7, 11) is 1.87. The third-order valence-electron chi connectivity index (χ3n) is 3.36. The topological polar surface area (TPSA) is 43.8 Å². The number of aromatic nitrogens is 2. The molecule has 3 nitrogen and oxygen atoms in total. The van der Waals surface area contributed by atoms with Crippen LogP contribution in [0.15, 0.2) is 53.0 Å². The van der Waals surface area contributed by atoms with Gasteiger partial charge in [0.25, 0.3) is 0 Å². The Bertz CT molecular complexity index is 811. The van der Waals surface area contributed by atoms with Crippen molar-refractivity contribution in [3.63, 3.8) is 0 Å². The summed E-state index contributed by atoms with van der Waals surface area (Å²) in [6.45, 7) is 0. The number of nitrogens with two attached hydrogens (primary N) is 1. The van der Waals surface area contributed by atoms with Crippen LogP contribution >= 0.6 is 38.5 Å². The number of benzene rings is 2. The second-order valence-corrected chi connectivity index (χ2v) is 6.71. The molecule has 1 heterocycles. The molecule has 2 aromatic carbocycles. The second-order valence-electron chi connectivity index (χ2n) is 4.69. The summed E-state index contributed by atoms with van der Waals surface area (Å²) in [6.07, 6.45) is 0. The third kappa shape index (κ3) is 2.60. The lowest BCUT2D eigenvalue weighted by molar-refractivity contribution is 0.782. The van der Waals surface area contributed by atoms with Crippen molar-refractivity contribution >= 4 is 44.3 Å². The minimum absolute atomic E-state index is 0.663. The van der Waals surface area contributed by atoms with Gasteiger partial charge in [-0.25, -0.2) is 0 Å². The SMILES string of the molecule is Cn1nc(-c2ccccc2I)c(-c2ccccc2Br)c1N. The Morgan fingerprint density at radius 2 is 1.67 bits per heavy atom. The highest BCUT2D eigenvalue weighted by Crippen LogP contribution is 2.40. The number of hydrogen-bond acceptors (Lipinski definition) is 2. The normalized spacial score (nSPS) is 10.8. The van der Waals surface area contributed by atoms with Crippen molar-refractivity contribution in [3.8, 4) is 22.4 Å². The van der Waals surface area contributed by atoms with E-state index >= 15 is 0 Å². The standard InChI is InChI=1S/C16H13BrIN3/c1-21-16(19)14(10-6-2-4-8-12(10)17)15(20-21)11-7-3-5-9-13(11)18/h2-9H,19H2,1H3. The Morgan fingerprint density at radius 1 is 1.05 bits per heavy atom. The molecule has 0 saturated carbocycles. The van der Waals surface area contributed by atoms with E-state index in [0.717, 1.165) is 30.4 Å². The summed E-state index contributed by atoms with van der Waals surface area (Å²) in [5.41, 5.74) is 10.3. The van der Waals surface area contributed by atoms with Crippen LogP contribution < -0.4 is 5.73 Å². The molecule has 21 heavy (non-hydrogen) atoms. The van der Waals surface area contributed by atoms with Crippen LogP contribution in [-0.2, 0) is 7.05 Å². The summed E-state index contributed by atoms with van der Waals surface area (Å²) in [6, 6.07) is 16.3. The first-order valence-electron chi connectivity index (χ1n) is 6.42. The maximum absolute atomic E-state index is 6.27. The van der Waals surface area contributed by atoms with Gasteiger partial charge in [0.15, 0.2) is 0 Å². The fourth-order valence-electron chi connectivity index (χ4n) is 2.31. The molecule has 0 saturated heterocycles. The lowest BCUT2D eigenvalue weighted by Gasteiger charge is -2.08. The average Bonchev–Trinajstić information content (AvgIpc) is 2.76. The highest BCUT2D eigenvalue weighted by molar-refractivity contribution is 14.1. The predicted molar refractivity (Wildman–Crippen MR) is 98.9 cm³/mol. The molecule has 3 aromatic rings. The molecule has 0 atom stereocenters. The molecule has 1 aromatic heterocycles. The fourth-order valence-corrected chi connectivity index (χ4v) is 3.43. The molecular weight excluding hydrogens is 441 g/mol. The monoisotopic (exact) mass is 453 g/mol. The van der Waals surface area contributed by atoms with Gasteiger partial charge in [0.05, 0.1) is 5.56 Å². The number of anilines is 1. The average molecular weight is 454 g/mol. The zero-order valence-corrected chi connectivity index (χ0v) is 15.1. The van der Waals surface area contributed by atoms with Gasteiger partial charge in [-0.05, 0) is 34.7 Å². The number of halogens is 2. The number of hydrogen-bond donors (Lipinski definition) is 1. The van der Waals surface area contributed by atoms with E-state index in [2.05, 4.69) is 61.8 Å². The van der Waals surface area contributed by atoms with Gasteiger partial charge in [0, 0.05) is 26.2 Å². The largest absolute Gasteiger partial charge is 0.383 e. The van der Waals surface area contributed by atoms with Crippen LogP contribution in [0.2, 0.25) is 0 Å². The number of nitrogen functional groups attached to an aromatic ring is 1. The zero-order valence-electron chi connectivity index (χ0n) is 11.3. The van der Waals surface area contributed by atoms with E-state index in [9.17, 15) is 0 Å². The van der Waals surface area contributed by atoms with Crippen LogP contribution in [-0.4, -0.2) is 9.78 Å². The van der Waals surface area contributed by atoms with Crippen molar-refractivity contribution in [2.45, 2.75) is 0 Å². The summed E-state index contributed by atoms with van der Waals surface area (Å²) < 4.78 is 3.89. The van der Waals surface area contributed by atoms with E-state index in [1.807, 2.05) is 37.4 Å². The van der Waals surface area contributed by atoms with Gasteiger partial charge in [-0.15, -0.1) is 0 Å². The molecule has 0 bridgehead atoms. The summed E-state index contributed by atoms with van der Waals surface area (Å²) in [4.78, 5) is 0. The fraction of sp³-hybridized carbons (Fsp3) is 0.0625. The van der Waals surface area contributed by atoms with Crippen molar-refractivity contribution in [2.75, 3.05) is 5.73 Å². The van der Waals surface area contributed by atoms with Gasteiger partial charge in [-0.1, -0.05) is 52.3 Å². The van der Waals surface area contributed by atoms with Gasteiger partial charge < -0.3 is 5.73 Å². The van der Waals surface area contributed by atoms with Gasteiger partial charge in [0.2, 0.25) is 0 Å². The predicted octanol–water partition coefficient (Wildman–Crippen LogP) is 4.70. The Labute approximate surface area is 145 Å². The van der Waals surface area contributed by atoms with Crippen LogP contribution in [0.3, 0.4) is 0 Å². The first-order chi connectivity index (χ1) is 10.1. The molecule has 2 N–H and O–H groups in total. The van der Waals surface area contributed by atoms with E-state index in [-0.39, 0.29) is 0 Å². The summed E-state index contributed by atoms with van der Waals surface area (Å²) >= 11 is 5.93. The van der Waals surface area contributed by atoms with Crippen molar-refractivity contribution < 1.29 is 0 Å². The summed E-state index contributed by atoms with van der Waals surface area (Å²) in [5.74, 6) is 0.663. The maximum Gasteiger partial charge on any atom is 0.129 e. The van der Waals surface area contributed by atoms with E-state index in [1.165, 1.54) is 0 Å². The van der Waals surface area contributed by atoms with Gasteiger partial charge in [-0.2, -0.15) is 5.10 Å². The molecular formula is C16H13BrIN3. The number of rotatable bonds is 2. The van der Waals surface area contributed by atoms with Crippen molar-refractivity contribution in [3.05, 3.63) is 56.6 Å². The third-order valence-corrected chi connectivity index (χ3v) is 5.00. The van der Waals surface area contributed by atoms with Crippen molar-refractivity contribution in [1.29, 1.82) is 0 Å². The van der Waals surface area contributed by atoms with E-state index in [0.29, 0.717) is 5.82 Å². The molecule has 3 rings (SSSR count). The van der Waals surface area contributed by atoms with Gasteiger partial charge >= 0.3 is 0 Å². The van der Waals surface area contributed by atoms with Crippen LogP contribution in [0.4, 0.5) is 5.82 Å². The molecule has 0 aliphatic carbocycles. The first kappa shape index (κ1) is 14.6. The highest BCUT2D eigenvalue weighted by atomic mass is 127. The second kappa shape index (κ2) is 5.81. The molecule has 0 aliphatic rings. The molecule has 5 heteroatoms. The molecule has 0 radical (unpaired) electrons. The minimum Gasteiger partial charge on any atom is -0.383 e. The van der Waals surface area contributed by atoms with Crippen LogP contribution in [0.25, 0.3) is 22.4 Å². The molecule has 0 aliphatic heterocycles. The molecule has 0 fully saturated rings. The minimum atomic E-state index is 0.663. The van der Waals surface area contributed by atoms with E-state index in [4.69, 9.17) is 5.73 Å².